The zero-order valence-electron chi connectivity index (χ0n) is 26.4. The summed E-state index contributed by atoms with van der Waals surface area (Å²) >= 11 is 3.47. The summed E-state index contributed by atoms with van der Waals surface area (Å²) in [7, 11) is 5.16. The molecule has 238 valence electrons. The lowest BCUT2D eigenvalue weighted by atomic mass is 9.64. The van der Waals surface area contributed by atoms with Gasteiger partial charge in [0.25, 0.3) is 0 Å². The predicted octanol–water partition coefficient (Wildman–Crippen LogP) is 7.30. The summed E-state index contributed by atoms with van der Waals surface area (Å²) in [5.74, 6) is 2.42. The van der Waals surface area contributed by atoms with Crippen molar-refractivity contribution in [2.45, 2.75) is 62.7 Å². The van der Waals surface area contributed by atoms with Crippen molar-refractivity contribution in [1.82, 2.24) is 24.1 Å². The number of aliphatic hydroxyl groups is 1. The lowest BCUT2D eigenvalue weighted by Crippen LogP contribution is -2.39. The number of Topliss-reactive ketones (excluding diaryl/α,β-unsaturated/α-hetero) is 1. The normalized spacial score (nSPS) is 15.3. The monoisotopic (exact) mass is 683 g/mol. The predicted molar refractivity (Wildman–Crippen MR) is 181 cm³/mol. The summed E-state index contributed by atoms with van der Waals surface area (Å²) in [6.45, 7) is 3.92. The summed E-state index contributed by atoms with van der Waals surface area (Å²) in [6.07, 6.45) is 14.1. The van der Waals surface area contributed by atoms with E-state index in [2.05, 4.69) is 80.0 Å². The summed E-state index contributed by atoms with van der Waals surface area (Å²) in [6, 6.07) is 12.5. The molecule has 1 N–H and O–H groups in total. The van der Waals surface area contributed by atoms with E-state index in [1.807, 2.05) is 30.6 Å². The third kappa shape index (κ3) is 6.00. The lowest BCUT2D eigenvalue weighted by Gasteiger charge is -2.40. The number of benzene rings is 2. The number of hydrogen-bond donors (Lipinski definition) is 1. The molecule has 0 amide bonds. The van der Waals surface area contributed by atoms with E-state index < -0.39 is 0 Å². The van der Waals surface area contributed by atoms with Crippen LogP contribution < -0.4 is 0 Å². The van der Waals surface area contributed by atoms with Crippen LogP contribution in [0.3, 0.4) is 0 Å². The topological polar surface area (TPSA) is 120 Å². The van der Waals surface area contributed by atoms with Crippen molar-refractivity contribution in [1.29, 1.82) is 0 Å². The molecular weight excluding hydrogens is 646 g/mol. The maximum absolute atomic E-state index is 14.0. The maximum Gasteiger partial charge on any atom is 0.373 e. The van der Waals surface area contributed by atoms with Gasteiger partial charge in [-0.2, -0.15) is 9.59 Å². The number of carbonyl (C=O) groups excluding carboxylic acids is 3. The molecule has 3 aromatic heterocycles. The number of ketones is 1. The molecule has 0 radical (unpaired) electrons. The van der Waals surface area contributed by atoms with Gasteiger partial charge in [-0.1, -0.05) is 50.1 Å². The van der Waals surface area contributed by atoms with Crippen molar-refractivity contribution in [3.05, 3.63) is 82.4 Å². The lowest BCUT2D eigenvalue weighted by molar-refractivity contribution is -0.191. The smallest absolute Gasteiger partial charge is 0.373 e. The Morgan fingerprint density at radius 1 is 1.02 bits per heavy atom. The highest BCUT2D eigenvalue weighted by molar-refractivity contribution is 9.10. The fourth-order valence-electron chi connectivity index (χ4n) is 7.27. The molecule has 3 heterocycles. The zero-order chi connectivity index (χ0) is 33.0. The number of aromatic nitrogens is 5. The number of nitrogens with zero attached hydrogens (tertiary/aromatic N) is 5. The van der Waals surface area contributed by atoms with Crippen molar-refractivity contribution >= 4 is 55.9 Å². The Morgan fingerprint density at radius 3 is 2.30 bits per heavy atom. The maximum atomic E-state index is 14.0. The summed E-state index contributed by atoms with van der Waals surface area (Å²) in [5, 5.41) is 8.21. The molecule has 2 aromatic carbocycles. The molecule has 0 unspecified atom stereocenters. The fourth-order valence-corrected chi connectivity index (χ4v) is 7.48. The van der Waals surface area contributed by atoms with Gasteiger partial charge < -0.3 is 14.2 Å². The van der Waals surface area contributed by atoms with Crippen LogP contribution >= 0.6 is 15.9 Å². The summed E-state index contributed by atoms with van der Waals surface area (Å²) < 4.78 is 5.25. The number of halogens is 1. The minimum Gasteiger partial charge on any atom is -0.400 e. The van der Waals surface area contributed by atoms with Crippen molar-refractivity contribution < 1.29 is 19.5 Å². The SMILES string of the molecule is C=Cc1ccc2nc(C3(CC(=O)c4ccc5c(C6CCCC6)c(-c6ncc(Br)cn6)n(C)c5c4)CCC3)n(C)c2c1.CO.O=C=O. The molecule has 2 saturated carbocycles. The van der Waals surface area contributed by atoms with E-state index in [0.29, 0.717) is 12.3 Å². The van der Waals surface area contributed by atoms with E-state index in [1.165, 1.54) is 36.6 Å². The van der Waals surface area contributed by atoms with Crippen LogP contribution in [0.25, 0.3) is 39.5 Å². The van der Waals surface area contributed by atoms with Gasteiger partial charge in [0.1, 0.15) is 5.82 Å². The number of rotatable bonds is 7. The van der Waals surface area contributed by atoms with Gasteiger partial charge in [-0.15, -0.1) is 0 Å². The van der Waals surface area contributed by atoms with Gasteiger partial charge in [-0.05, 0) is 76.9 Å². The molecule has 0 spiro atoms. The zero-order valence-corrected chi connectivity index (χ0v) is 28.0. The van der Waals surface area contributed by atoms with Crippen LogP contribution in [-0.4, -0.2) is 48.2 Å². The molecule has 2 aliphatic rings. The van der Waals surface area contributed by atoms with Gasteiger partial charge in [-0.25, -0.2) is 15.0 Å². The van der Waals surface area contributed by atoms with E-state index in [1.54, 1.807) is 0 Å². The summed E-state index contributed by atoms with van der Waals surface area (Å²) in [5.41, 5.74) is 7.14. The second kappa shape index (κ2) is 14.0. The van der Waals surface area contributed by atoms with E-state index >= 15 is 0 Å². The van der Waals surface area contributed by atoms with Crippen LogP contribution in [0.2, 0.25) is 0 Å². The Balaban J connectivity index is 0.000000789. The van der Waals surface area contributed by atoms with Crippen LogP contribution in [0.15, 0.2) is 59.8 Å². The molecule has 10 heteroatoms. The number of carbonyl (C=O) groups is 1. The molecule has 0 saturated heterocycles. The van der Waals surface area contributed by atoms with Gasteiger partial charge in [0, 0.05) is 61.9 Å². The Morgan fingerprint density at radius 2 is 1.70 bits per heavy atom. The Kier molecular flexibility index (Phi) is 10.1. The molecule has 2 fully saturated rings. The number of fused-ring (bicyclic) bond motifs is 2. The largest absolute Gasteiger partial charge is 0.400 e. The minimum atomic E-state index is -0.228. The molecule has 0 aliphatic heterocycles. The third-order valence-corrected chi connectivity index (χ3v) is 9.99. The second-order valence-corrected chi connectivity index (χ2v) is 12.9. The van der Waals surface area contributed by atoms with Crippen molar-refractivity contribution in [2.75, 3.05) is 7.11 Å². The molecule has 9 nitrogen and oxygen atoms in total. The van der Waals surface area contributed by atoms with Gasteiger partial charge >= 0.3 is 6.15 Å². The van der Waals surface area contributed by atoms with Crippen LogP contribution in [-0.2, 0) is 29.1 Å². The molecule has 0 bridgehead atoms. The molecule has 2 aliphatic carbocycles. The first kappa shape index (κ1) is 33.1. The second-order valence-electron chi connectivity index (χ2n) is 12.0. The van der Waals surface area contributed by atoms with Gasteiger partial charge in [0.15, 0.2) is 11.6 Å². The van der Waals surface area contributed by atoms with Gasteiger partial charge in [0.05, 0.1) is 21.2 Å². The molecule has 0 atom stereocenters. The van der Waals surface area contributed by atoms with E-state index in [9.17, 15) is 4.79 Å². The molecule has 46 heavy (non-hydrogen) atoms. The average molecular weight is 685 g/mol. The van der Waals surface area contributed by atoms with Crippen LogP contribution in [0.1, 0.15) is 84.6 Å². The van der Waals surface area contributed by atoms with E-state index in [4.69, 9.17) is 19.7 Å². The first-order chi connectivity index (χ1) is 22.3. The van der Waals surface area contributed by atoms with Crippen LogP contribution in [0.4, 0.5) is 0 Å². The summed E-state index contributed by atoms with van der Waals surface area (Å²) in [4.78, 5) is 44.6. The third-order valence-electron chi connectivity index (χ3n) is 9.58. The Bertz CT molecular complexity index is 1930. The van der Waals surface area contributed by atoms with E-state index in [-0.39, 0.29) is 17.3 Å². The first-order valence-electron chi connectivity index (χ1n) is 15.5. The quantitative estimate of drug-likeness (QED) is 0.179. The highest BCUT2D eigenvalue weighted by Gasteiger charge is 2.44. The van der Waals surface area contributed by atoms with Crippen LogP contribution in [0.5, 0.6) is 0 Å². The standard InChI is InChI=1S/C34H34BrN5O.CO2.CH4O/c1-4-21-10-13-26-28(16-21)40(3)33(38-26)34(14-7-15-34)18-29(41)23-11-12-25-27(17-23)39(2)31(30(25)22-8-5-6-9-22)32-36-19-24(35)20-37-32;2-1-3;1-2/h4,10-13,16-17,19-20,22H,1,5-9,14-15,18H2,2-3H3;;2H,1H3. The highest BCUT2D eigenvalue weighted by atomic mass is 79.9. The number of aliphatic hydroxyl groups excluding tert-OH is 1. The molecular formula is C36H38BrN5O4. The van der Waals surface area contributed by atoms with Gasteiger partial charge in [-0.3, -0.25) is 4.79 Å². The average Bonchev–Trinajstić information content (AvgIpc) is 3.77. The number of hydrogen-bond acceptors (Lipinski definition) is 7. The van der Waals surface area contributed by atoms with Crippen molar-refractivity contribution in [3.8, 4) is 11.5 Å². The van der Waals surface area contributed by atoms with Crippen molar-refractivity contribution in [3.63, 3.8) is 0 Å². The minimum absolute atomic E-state index is 0.176. The highest BCUT2D eigenvalue weighted by Crippen LogP contribution is 2.48. The fraction of sp³-hybridized carbons (Fsp3) is 0.361. The molecule has 7 rings (SSSR count). The number of imidazole rings is 1. The Labute approximate surface area is 276 Å². The Hall–Kier alpha value is -4.24. The first-order valence-corrected chi connectivity index (χ1v) is 16.3. The van der Waals surface area contributed by atoms with Crippen LogP contribution in [0, 0.1) is 0 Å². The number of aryl methyl sites for hydroxylation is 2. The van der Waals surface area contributed by atoms with E-state index in [0.717, 1.165) is 75.9 Å². The van der Waals surface area contributed by atoms with Crippen molar-refractivity contribution in [2.24, 2.45) is 14.1 Å². The van der Waals surface area contributed by atoms with Gasteiger partial charge in [0.2, 0.25) is 0 Å². The molecule has 5 aromatic rings.